The smallest absolute Gasteiger partial charge is 0.119 e. The average Bonchev–Trinajstić information content (AvgIpc) is 2.47. The van der Waals surface area contributed by atoms with Gasteiger partial charge in [0.2, 0.25) is 0 Å². The molecule has 0 heterocycles. The van der Waals surface area contributed by atoms with Crippen LogP contribution in [0, 0.1) is 0 Å². The highest BCUT2D eigenvalue weighted by Crippen LogP contribution is 2.32. The Labute approximate surface area is 129 Å². The normalized spacial score (nSPS) is 18.4. The van der Waals surface area contributed by atoms with Crippen LogP contribution in [0.5, 0.6) is 5.75 Å². The molecule has 0 amide bonds. The van der Waals surface area contributed by atoms with Crippen LogP contribution < -0.4 is 10.1 Å². The molecule has 1 aliphatic rings. The molecule has 1 unspecified atom stereocenters. The molecule has 0 bridgehead atoms. The number of rotatable bonds is 7. The zero-order valence-electron chi connectivity index (χ0n) is 13.9. The van der Waals surface area contributed by atoms with Crippen molar-refractivity contribution in [3.8, 4) is 5.75 Å². The van der Waals surface area contributed by atoms with Crippen LogP contribution in [0.15, 0.2) is 18.2 Å². The monoisotopic (exact) mass is 291 g/mol. The SMILES string of the molecule is CCNC1CCCc2cc(OCCC(C)(C)OC)ccc21. The molecule has 118 valence electrons. The van der Waals surface area contributed by atoms with Crippen molar-refractivity contribution in [2.75, 3.05) is 20.3 Å². The summed E-state index contributed by atoms with van der Waals surface area (Å²) in [4.78, 5) is 0. The summed E-state index contributed by atoms with van der Waals surface area (Å²) < 4.78 is 11.3. The fourth-order valence-electron chi connectivity index (χ4n) is 2.86. The zero-order valence-corrected chi connectivity index (χ0v) is 13.9. The van der Waals surface area contributed by atoms with Crippen LogP contribution >= 0.6 is 0 Å². The van der Waals surface area contributed by atoms with Crippen molar-refractivity contribution < 1.29 is 9.47 Å². The largest absolute Gasteiger partial charge is 0.493 e. The van der Waals surface area contributed by atoms with Crippen LogP contribution in [0.2, 0.25) is 0 Å². The molecule has 2 rings (SSSR count). The fourth-order valence-corrected chi connectivity index (χ4v) is 2.86. The third kappa shape index (κ3) is 4.45. The number of fused-ring (bicyclic) bond motifs is 1. The quantitative estimate of drug-likeness (QED) is 0.827. The van der Waals surface area contributed by atoms with E-state index in [1.54, 1.807) is 7.11 Å². The standard InChI is InChI=1S/C18H29NO2/c1-5-19-17-8-6-7-14-13-15(9-10-16(14)17)21-12-11-18(2,3)20-4/h9-10,13,17,19H,5-8,11-12H2,1-4H3. The molecule has 1 atom stereocenters. The van der Waals surface area contributed by atoms with E-state index in [9.17, 15) is 0 Å². The molecule has 3 nitrogen and oxygen atoms in total. The molecule has 1 aromatic carbocycles. The predicted molar refractivity (Wildman–Crippen MR) is 87.0 cm³/mol. The first kappa shape index (κ1) is 16.3. The molecule has 0 radical (unpaired) electrons. The van der Waals surface area contributed by atoms with E-state index in [1.807, 2.05) is 0 Å². The number of ether oxygens (including phenoxy) is 2. The molecule has 21 heavy (non-hydrogen) atoms. The molecule has 0 fully saturated rings. The van der Waals surface area contributed by atoms with Crippen LogP contribution in [0.3, 0.4) is 0 Å². The van der Waals surface area contributed by atoms with E-state index < -0.39 is 0 Å². The molecule has 3 heteroatoms. The van der Waals surface area contributed by atoms with Crippen molar-refractivity contribution in [2.24, 2.45) is 0 Å². The first-order chi connectivity index (χ1) is 10.1. The van der Waals surface area contributed by atoms with Gasteiger partial charge in [0.05, 0.1) is 12.2 Å². The molecule has 1 aromatic rings. The molecule has 0 saturated heterocycles. The van der Waals surface area contributed by atoms with Crippen LogP contribution in [0.1, 0.15) is 57.2 Å². The van der Waals surface area contributed by atoms with Gasteiger partial charge < -0.3 is 14.8 Å². The van der Waals surface area contributed by atoms with E-state index in [1.165, 1.54) is 24.0 Å². The first-order valence-corrected chi connectivity index (χ1v) is 8.10. The highest BCUT2D eigenvalue weighted by atomic mass is 16.5. The summed E-state index contributed by atoms with van der Waals surface area (Å²) in [6, 6.07) is 7.08. The van der Waals surface area contributed by atoms with Crippen LogP contribution in [0.4, 0.5) is 0 Å². The molecule has 0 saturated carbocycles. The van der Waals surface area contributed by atoms with E-state index >= 15 is 0 Å². The van der Waals surface area contributed by atoms with E-state index in [0.717, 1.165) is 25.1 Å². The summed E-state index contributed by atoms with van der Waals surface area (Å²) in [5, 5.41) is 3.57. The summed E-state index contributed by atoms with van der Waals surface area (Å²) in [6.45, 7) is 8.06. The Morgan fingerprint density at radius 2 is 2.14 bits per heavy atom. The van der Waals surface area contributed by atoms with E-state index in [4.69, 9.17) is 9.47 Å². The summed E-state index contributed by atoms with van der Waals surface area (Å²) in [7, 11) is 1.75. The molecular formula is C18H29NO2. The lowest BCUT2D eigenvalue weighted by atomic mass is 9.87. The summed E-state index contributed by atoms with van der Waals surface area (Å²) in [5.74, 6) is 0.984. The lowest BCUT2D eigenvalue weighted by Gasteiger charge is -2.27. The number of benzene rings is 1. The minimum atomic E-state index is -0.121. The minimum Gasteiger partial charge on any atom is -0.493 e. The third-order valence-electron chi connectivity index (χ3n) is 4.40. The Bertz CT molecular complexity index is 457. The van der Waals surface area contributed by atoms with E-state index in [-0.39, 0.29) is 5.60 Å². The number of aryl methyl sites for hydroxylation is 1. The van der Waals surface area contributed by atoms with Crippen molar-refractivity contribution >= 4 is 0 Å². The van der Waals surface area contributed by atoms with Gasteiger partial charge in [-0.25, -0.2) is 0 Å². The molecule has 1 aliphatic carbocycles. The van der Waals surface area contributed by atoms with Crippen molar-refractivity contribution in [1.82, 2.24) is 5.32 Å². The molecule has 0 spiro atoms. The van der Waals surface area contributed by atoms with E-state index in [0.29, 0.717) is 12.6 Å². The molecule has 0 aromatic heterocycles. The molecule has 0 aliphatic heterocycles. The topological polar surface area (TPSA) is 30.5 Å². The Kier molecular flexibility index (Phi) is 5.65. The summed E-state index contributed by atoms with van der Waals surface area (Å²) in [5.41, 5.74) is 2.77. The third-order valence-corrected chi connectivity index (χ3v) is 4.40. The summed E-state index contributed by atoms with van der Waals surface area (Å²) in [6.07, 6.45) is 4.55. The van der Waals surface area contributed by atoms with Crippen LogP contribution in [-0.2, 0) is 11.2 Å². The van der Waals surface area contributed by atoms with Crippen LogP contribution in [-0.4, -0.2) is 25.9 Å². The highest BCUT2D eigenvalue weighted by Gasteiger charge is 2.20. The number of hydrogen-bond acceptors (Lipinski definition) is 3. The second-order valence-electron chi connectivity index (χ2n) is 6.43. The number of nitrogens with one attached hydrogen (secondary N) is 1. The van der Waals surface area contributed by atoms with E-state index in [2.05, 4.69) is 44.3 Å². The maximum Gasteiger partial charge on any atom is 0.119 e. The number of methoxy groups -OCH3 is 1. The van der Waals surface area contributed by atoms with Gasteiger partial charge in [0.25, 0.3) is 0 Å². The Balaban J connectivity index is 1.97. The Hall–Kier alpha value is -1.06. The second-order valence-corrected chi connectivity index (χ2v) is 6.43. The van der Waals surface area contributed by atoms with Crippen molar-refractivity contribution in [3.05, 3.63) is 29.3 Å². The molecular weight excluding hydrogens is 262 g/mol. The minimum absolute atomic E-state index is 0.121. The zero-order chi connectivity index (χ0) is 15.3. The maximum absolute atomic E-state index is 5.90. The average molecular weight is 291 g/mol. The van der Waals surface area contributed by atoms with Crippen molar-refractivity contribution in [3.63, 3.8) is 0 Å². The number of hydrogen-bond donors (Lipinski definition) is 1. The lowest BCUT2D eigenvalue weighted by Crippen LogP contribution is -2.25. The summed E-state index contributed by atoms with van der Waals surface area (Å²) >= 11 is 0. The van der Waals surface area contributed by atoms with Crippen LogP contribution in [0.25, 0.3) is 0 Å². The van der Waals surface area contributed by atoms with Gasteiger partial charge in [-0.15, -0.1) is 0 Å². The van der Waals surface area contributed by atoms with Gasteiger partial charge in [-0.3, -0.25) is 0 Å². The highest BCUT2D eigenvalue weighted by molar-refractivity contribution is 5.39. The maximum atomic E-state index is 5.90. The van der Waals surface area contributed by atoms with Gasteiger partial charge >= 0.3 is 0 Å². The van der Waals surface area contributed by atoms with Crippen molar-refractivity contribution in [1.29, 1.82) is 0 Å². The first-order valence-electron chi connectivity index (χ1n) is 8.10. The predicted octanol–water partition coefficient (Wildman–Crippen LogP) is 3.87. The van der Waals surface area contributed by atoms with Gasteiger partial charge in [0.15, 0.2) is 0 Å². The second kappa shape index (κ2) is 7.28. The lowest BCUT2D eigenvalue weighted by molar-refractivity contribution is 0.00545. The van der Waals surface area contributed by atoms with Gasteiger partial charge in [-0.1, -0.05) is 13.0 Å². The van der Waals surface area contributed by atoms with Gasteiger partial charge in [-0.2, -0.15) is 0 Å². The molecule has 1 N–H and O–H groups in total. The van der Waals surface area contributed by atoms with Gasteiger partial charge in [0, 0.05) is 19.6 Å². The van der Waals surface area contributed by atoms with Crippen molar-refractivity contribution in [2.45, 2.75) is 58.1 Å². The fraction of sp³-hybridized carbons (Fsp3) is 0.667. The van der Waals surface area contributed by atoms with Gasteiger partial charge in [0.1, 0.15) is 5.75 Å². The Morgan fingerprint density at radius 1 is 1.33 bits per heavy atom. The Morgan fingerprint density at radius 3 is 2.86 bits per heavy atom. The van der Waals surface area contributed by atoms with Gasteiger partial charge in [-0.05, 0) is 62.9 Å².